The number of hydrogen-bond acceptors (Lipinski definition) is 27. The van der Waals surface area contributed by atoms with Crippen molar-refractivity contribution in [3.05, 3.63) is 0 Å². The van der Waals surface area contributed by atoms with Crippen LogP contribution in [0.15, 0.2) is 0 Å². The maximum atomic E-state index is 11.5. The van der Waals surface area contributed by atoms with Crippen molar-refractivity contribution in [2.75, 3.05) is 324 Å². The molecule has 0 spiro atoms. The van der Waals surface area contributed by atoms with Gasteiger partial charge >= 0.3 is 5.97 Å². The molecule has 30 heteroatoms. The highest BCUT2D eigenvalue weighted by Crippen LogP contribution is 1.92. The van der Waals surface area contributed by atoms with Crippen LogP contribution in [0.5, 0.6) is 0 Å². The fraction of sp³-hybridized carbons (Fsp3) is 0.944. The van der Waals surface area contributed by atoms with E-state index >= 15 is 0 Å². The molecule has 502 valence electrons. The number of aliphatic carboxylic acids is 1. The van der Waals surface area contributed by atoms with E-state index in [1.807, 2.05) is 0 Å². The van der Waals surface area contributed by atoms with E-state index in [2.05, 4.69) is 5.32 Å². The second-order valence-corrected chi connectivity index (χ2v) is 16.4. The Bertz CT molecular complexity index is 1240. The predicted molar refractivity (Wildman–Crippen MR) is 299 cm³/mol. The topological polar surface area (TPSA) is 325 Å². The number of hydrogen-bond donors (Lipinski definition) is 3. The van der Waals surface area contributed by atoms with Gasteiger partial charge < -0.3 is 129 Å². The van der Waals surface area contributed by atoms with Crippen LogP contribution < -0.4 is 5.32 Å². The second kappa shape index (κ2) is 80.5. The first-order valence-corrected chi connectivity index (χ1v) is 28.9. The fourth-order valence-electron chi connectivity index (χ4n) is 5.64. The van der Waals surface area contributed by atoms with Crippen molar-refractivity contribution in [3.63, 3.8) is 0 Å². The van der Waals surface area contributed by atoms with Crippen LogP contribution in [0.4, 0.5) is 0 Å². The van der Waals surface area contributed by atoms with Gasteiger partial charge in [0.1, 0.15) is 0 Å². The van der Waals surface area contributed by atoms with Gasteiger partial charge in [0.05, 0.1) is 317 Å². The highest BCUT2D eigenvalue weighted by atomic mass is 16.6. The van der Waals surface area contributed by atoms with E-state index in [1.165, 1.54) is 0 Å². The summed E-state index contributed by atoms with van der Waals surface area (Å²) >= 11 is 0. The molecule has 0 aliphatic rings. The SMILES string of the molecule is COCCOCCOCCOCCOCCOCCOCCOCCOCCOCCOCCOCCOCCOCCOCCOCCOCCOCCOCCOCCOCCOCCOCCOCCC(=O)NCCC(=O)O.O=CO. The highest BCUT2D eigenvalue weighted by Gasteiger charge is 2.04. The summed E-state index contributed by atoms with van der Waals surface area (Å²) in [7, 11) is 1.64. The quantitative estimate of drug-likeness (QED) is 0.0520. The number of carbonyl (C=O) groups is 3. The Morgan fingerprint density at radius 2 is 0.393 bits per heavy atom. The number of rotatable bonds is 75. The van der Waals surface area contributed by atoms with Crippen LogP contribution in [0, 0.1) is 0 Å². The molecule has 0 unspecified atom stereocenters. The van der Waals surface area contributed by atoms with Gasteiger partial charge in [-0.25, -0.2) is 0 Å². The van der Waals surface area contributed by atoms with Crippen LogP contribution in [0.2, 0.25) is 0 Å². The summed E-state index contributed by atoms with van der Waals surface area (Å²) in [5.74, 6) is -1.20. The zero-order valence-corrected chi connectivity index (χ0v) is 50.3. The Morgan fingerprint density at radius 3 is 0.524 bits per heavy atom. The lowest BCUT2D eigenvalue weighted by atomic mass is 10.4. The van der Waals surface area contributed by atoms with Gasteiger partial charge in [0.2, 0.25) is 5.91 Å². The molecule has 0 aliphatic heterocycles. The van der Waals surface area contributed by atoms with Crippen molar-refractivity contribution in [2.24, 2.45) is 0 Å². The van der Waals surface area contributed by atoms with E-state index in [9.17, 15) is 9.59 Å². The van der Waals surface area contributed by atoms with Crippen molar-refractivity contribution in [2.45, 2.75) is 12.8 Å². The van der Waals surface area contributed by atoms with Gasteiger partial charge in [-0.3, -0.25) is 14.4 Å². The third-order valence-corrected chi connectivity index (χ3v) is 9.75. The third kappa shape index (κ3) is 83.7. The van der Waals surface area contributed by atoms with Gasteiger partial charge in [-0.2, -0.15) is 0 Å². The van der Waals surface area contributed by atoms with Crippen molar-refractivity contribution < 1.29 is 138 Å². The molecular formula is C54H107NO29. The zero-order chi connectivity index (χ0) is 60.9. The molecule has 84 heavy (non-hydrogen) atoms. The molecule has 3 N–H and O–H groups in total. The molecule has 0 aromatic rings. The Hall–Kier alpha value is -2.55. The van der Waals surface area contributed by atoms with Gasteiger partial charge in [0.15, 0.2) is 0 Å². The molecular weight excluding hydrogens is 1130 g/mol. The van der Waals surface area contributed by atoms with E-state index < -0.39 is 5.97 Å². The fourth-order valence-corrected chi connectivity index (χ4v) is 5.64. The molecule has 0 saturated carbocycles. The molecule has 0 saturated heterocycles. The summed E-state index contributed by atoms with van der Waals surface area (Å²) in [5.41, 5.74) is 0. The monoisotopic (exact) mass is 1230 g/mol. The maximum absolute atomic E-state index is 11.5. The number of nitrogens with one attached hydrogen (secondary N) is 1. The normalized spacial score (nSPS) is 11.3. The van der Waals surface area contributed by atoms with Crippen LogP contribution >= 0.6 is 0 Å². The number of methoxy groups -OCH3 is 1. The minimum Gasteiger partial charge on any atom is -0.483 e. The molecule has 0 bridgehead atoms. The number of carboxylic acids is 1. The van der Waals surface area contributed by atoms with Crippen molar-refractivity contribution in [1.29, 1.82) is 0 Å². The average molecular weight is 1230 g/mol. The summed E-state index contributed by atoms with van der Waals surface area (Å²) in [6, 6.07) is 0. The minimum absolute atomic E-state index is 0.104. The van der Waals surface area contributed by atoms with Crippen LogP contribution in [0.1, 0.15) is 12.8 Å². The largest absolute Gasteiger partial charge is 0.483 e. The summed E-state index contributed by atoms with van der Waals surface area (Å²) in [6.45, 7) is 22.3. The third-order valence-electron chi connectivity index (χ3n) is 9.75. The van der Waals surface area contributed by atoms with Gasteiger partial charge in [0, 0.05) is 20.1 Å². The first-order valence-electron chi connectivity index (χ1n) is 28.9. The first kappa shape index (κ1) is 83.5. The van der Waals surface area contributed by atoms with Crippen molar-refractivity contribution >= 4 is 18.3 Å². The van der Waals surface area contributed by atoms with Crippen molar-refractivity contribution in [1.82, 2.24) is 5.32 Å². The molecule has 0 atom stereocenters. The molecule has 0 aromatic heterocycles. The molecule has 30 nitrogen and oxygen atoms in total. The lowest BCUT2D eigenvalue weighted by molar-refractivity contribution is -0.137. The maximum Gasteiger partial charge on any atom is 0.305 e. The van der Waals surface area contributed by atoms with E-state index in [0.29, 0.717) is 304 Å². The summed E-state index contributed by atoms with van der Waals surface area (Å²) in [4.78, 5) is 30.3. The molecule has 0 aliphatic carbocycles. The van der Waals surface area contributed by atoms with Crippen LogP contribution in [0.25, 0.3) is 0 Å². The standard InChI is InChI=1S/C53H105NO27.CH2O2/c1-58-6-7-60-10-11-62-14-15-64-18-19-66-22-23-68-26-27-70-30-31-72-34-35-74-38-39-76-42-43-78-46-47-80-50-51-81-49-48-79-45-44-77-41-40-75-37-36-73-33-32-71-29-28-69-25-24-67-21-20-65-17-16-63-13-12-61-9-8-59-5-3-52(55)54-4-2-53(56)57;2-1-3/h2-51H2,1H3,(H,54,55)(H,56,57);1H,(H,2,3). The van der Waals surface area contributed by atoms with E-state index in [0.717, 1.165) is 0 Å². The Kier molecular flexibility index (Phi) is 80.0. The highest BCUT2D eigenvalue weighted by molar-refractivity contribution is 5.76. The van der Waals surface area contributed by atoms with Gasteiger partial charge in [-0.05, 0) is 0 Å². The molecule has 0 aromatic carbocycles. The van der Waals surface area contributed by atoms with Crippen molar-refractivity contribution in [3.8, 4) is 0 Å². The van der Waals surface area contributed by atoms with E-state index in [-0.39, 0.29) is 38.4 Å². The van der Waals surface area contributed by atoms with Crippen LogP contribution in [0.3, 0.4) is 0 Å². The molecule has 0 fully saturated rings. The summed E-state index contributed by atoms with van der Waals surface area (Å²) in [6.07, 6.45) is 0.0666. The molecule has 0 heterocycles. The van der Waals surface area contributed by atoms with E-state index in [4.69, 9.17) is 129 Å². The second-order valence-electron chi connectivity index (χ2n) is 16.4. The van der Waals surface area contributed by atoms with Crippen LogP contribution in [-0.2, 0) is 128 Å². The molecule has 0 rings (SSSR count). The average Bonchev–Trinajstić information content (AvgIpc) is 3.48. The van der Waals surface area contributed by atoms with E-state index in [1.54, 1.807) is 7.11 Å². The minimum atomic E-state index is -0.954. The Labute approximate surface area is 497 Å². The predicted octanol–water partition coefficient (Wildman–Crippen LogP) is -0.304. The summed E-state index contributed by atoms with van der Waals surface area (Å²) in [5, 5.41) is 17.9. The van der Waals surface area contributed by atoms with Gasteiger partial charge in [0.25, 0.3) is 6.47 Å². The number of ether oxygens (including phenoxy) is 24. The number of amides is 1. The Morgan fingerprint density at radius 1 is 0.262 bits per heavy atom. The lowest BCUT2D eigenvalue weighted by Crippen LogP contribution is -2.27. The van der Waals surface area contributed by atoms with Crippen LogP contribution in [-0.4, -0.2) is 353 Å². The molecule has 1 amide bonds. The number of carboxylic acid groups (broad SMARTS) is 2. The molecule has 0 radical (unpaired) electrons. The first-order chi connectivity index (χ1) is 41.6. The Balaban J connectivity index is 0. The lowest BCUT2D eigenvalue weighted by Gasteiger charge is -2.09. The number of carbonyl (C=O) groups excluding carboxylic acids is 1. The summed E-state index contributed by atoms with van der Waals surface area (Å²) < 4.78 is 131. The van der Waals surface area contributed by atoms with Gasteiger partial charge in [-0.15, -0.1) is 0 Å². The van der Waals surface area contributed by atoms with Gasteiger partial charge in [-0.1, -0.05) is 0 Å². The zero-order valence-electron chi connectivity index (χ0n) is 50.3. The smallest absolute Gasteiger partial charge is 0.305 e.